The van der Waals surface area contributed by atoms with Crippen LogP contribution >= 0.6 is 11.3 Å². The average molecular weight is 379 g/mol. The molecule has 0 saturated carbocycles. The van der Waals surface area contributed by atoms with Crippen LogP contribution in [0.2, 0.25) is 0 Å². The third-order valence-corrected chi connectivity index (χ3v) is 6.89. The molecule has 0 amide bonds. The molecule has 25 heavy (non-hydrogen) atoms. The molecule has 8 heteroatoms. The molecule has 132 valence electrons. The van der Waals surface area contributed by atoms with Gasteiger partial charge in [-0.3, -0.25) is 4.79 Å². The van der Waals surface area contributed by atoms with Crippen molar-refractivity contribution in [1.82, 2.24) is 4.31 Å². The van der Waals surface area contributed by atoms with E-state index in [0.29, 0.717) is 18.7 Å². The molecule has 6 nitrogen and oxygen atoms in total. The minimum Gasteiger partial charge on any atom is -0.453 e. The Balaban J connectivity index is 1.71. The lowest BCUT2D eigenvalue weighted by Crippen LogP contribution is -2.28. The summed E-state index contributed by atoms with van der Waals surface area (Å²) in [6.07, 6.45) is 1.63. The fourth-order valence-electron chi connectivity index (χ4n) is 2.62. The van der Waals surface area contributed by atoms with E-state index in [1.165, 1.54) is 10.4 Å². The molecule has 0 aliphatic carbocycles. The highest BCUT2D eigenvalue weighted by Crippen LogP contribution is 2.28. The van der Waals surface area contributed by atoms with Gasteiger partial charge in [0.1, 0.15) is 9.77 Å². The number of rotatable bonds is 6. The number of Topliss-reactive ketones (excluding diaryl/α,β-unsaturated/α-hetero) is 1. The summed E-state index contributed by atoms with van der Waals surface area (Å²) in [5, 5.41) is 1.54. The van der Waals surface area contributed by atoms with Crippen molar-refractivity contribution in [3.8, 4) is 0 Å². The number of ether oxygens (including phenoxy) is 1. The Bertz CT molecular complexity index is 867. The van der Waals surface area contributed by atoms with Crippen molar-refractivity contribution in [3.63, 3.8) is 0 Å². The maximum absolute atomic E-state index is 12.6. The number of sulfonamides is 1. The van der Waals surface area contributed by atoms with Crippen LogP contribution < -0.4 is 0 Å². The highest BCUT2D eigenvalue weighted by atomic mass is 32.2. The van der Waals surface area contributed by atoms with E-state index in [-0.39, 0.29) is 15.6 Å². The first-order chi connectivity index (χ1) is 12.0. The largest absolute Gasteiger partial charge is 0.453 e. The zero-order valence-corrected chi connectivity index (χ0v) is 15.0. The highest BCUT2D eigenvalue weighted by molar-refractivity contribution is 7.89. The van der Waals surface area contributed by atoms with E-state index in [9.17, 15) is 18.0 Å². The zero-order valence-electron chi connectivity index (χ0n) is 13.4. The third kappa shape index (κ3) is 3.81. The minimum absolute atomic E-state index is 0.00719. The van der Waals surface area contributed by atoms with E-state index in [2.05, 4.69) is 0 Å². The fraction of sp³-hybridized carbons (Fsp3) is 0.294. The van der Waals surface area contributed by atoms with Gasteiger partial charge in [-0.15, -0.1) is 11.3 Å². The normalized spacial score (nSPS) is 15.2. The first-order valence-corrected chi connectivity index (χ1v) is 10.1. The van der Waals surface area contributed by atoms with Gasteiger partial charge < -0.3 is 4.74 Å². The van der Waals surface area contributed by atoms with Gasteiger partial charge in [0.05, 0.1) is 0 Å². The molecule has 1 aliphatic rings. The Morgan fingerprint density at radius 1 is 1.08 bits per heavy atom. The van der Waals surface area contributed by atoms with Crippen LogP contribution in [0.4, 0.5) is 0 Å². The van der Waals surface area contributed by atoms with Gasteiger partial charge in [0.25, 0.3) is 0 Å². The molecular formula is C17H17NO5S2. The predicted octanol–water partition coefficient (Wildman–Crippen LogP) is 2.57. The molecule has 0 atom stereocenters. The third-order valence-electron chi connectivity index (χ3n) is 3.93. The molecule has 1 aromatic carbocycles. The summed E-state index contributed by atoms with van der Waals surface area (Å²) >= 11 is 0.999. The Morgan fingerprint density at radius 2 is 1.76 bits per heavy atom. The van der Waals surface area contributed by atoms with Gasteiger partial charge in [0.15, 0.2) is 12.4 Å². The van der Waals surface area contributed by atoms with Gasteiger partial charge in [-0.05, 0) is 24.3 Å². The van der Waals surface area contributed by atoms with E-state index in [1.807, 2.05) is 0 Å². The molecule has 0 radical (unpaired) electrons. The molecule has 0 bridgehead atoms. The number of carbonyl (C=O) groups is 2. The lowest BCUT2D eigenvalue weighted by molar-refractivity contribution is 0.0476. The number of hydrogen-bond acceptors (Lipinski definition) is 6. The standard InChI is InChI=1S/C17H17NO5S2/c19-14(13-6-2-1-3-7-13)12-23-17(20)16-15(8-11-24-16)25(21,22)18-9-4-5-10-18/h1-3,6-8,11H,4-5,9-10,12H2. The smallest absolute Gasteiger partial charge is 0.350 e. The SMILES string of the molecule is O=C(COC(=O)c1sccc1S(=O)(=O)N1CCCC1)c1ccccc1. The number of ketones is 1. The second kappa shape index (κ2) is 7.47. The fourth-order valence-corrected chi connectivity index (χ4v) is 5.42. The summed E-state index contributed by atoms with van der Waals surface area (Å²) in [5.41, 5.74) is 0.436. The quantitative estimate of drug-likeness (QED) is 0.569. The maximum atomic E-state index is 12.6. The van der Waals surface area contributed by atoms with Gasteiger partial charge in [0, 0.05) is 18.7 Å². The Hall–Kier alpha value is -2.03. The summed E-state index contributed by atoms with van der Waals surface area (Å²) in [5.74, 6) is -1.13. The molecule has 1 saturated heterocycles. The second-order valence-corrected chi connectivity index (χ2v) is 8.41. The van der Waals surface area contributed by atoms with Crippen LogP contribution in [0.25, 0.3) is 0 Å². The molecule has 1 aromatic heterocycles. The second-order valence-electron chi connectivity index (χ2n) is 5.59. The number of esters is 1. The Kier molecular flexibility index (Phi) is 5.31. The van der Waals surface area contributed by atoms with Gasteiger partial charge in [-0.25, -0.2) is 13.2 Å². The van der Waals surface area contributed by atoms with Crippen molar-refractivity contribution in [1.29, 1.82) is 0 Å². The molecule has 0 spiro atoms. The molecule has 2 aromatic rings. The lowest BCUT2D eigenvalue weighted by atomic mass is 10.1. The van der Waals surface area contributed by atoms with Gasteiger partial charge in [0.2, 0.25) is 10.0 Å². The summed E-state index contributed by atoms with van der Waals surface area (Å²) in [6, 6.07) is 9.89. The monoisotopic (exact) mass is 379 g/mol. The number of benzene rings is 1. The predicted molar refractivity (Wildman–Crippen MR) is 93.4 cm³/mol. The van der Waals surface area contributed by atoms with Crippen LogP contribution in [-0.4, -0.2) is 44.2 Å². The van der Waals surface area contributed by atoms with Crippen LogP contribution in [0.3, 0.4) is 0 Å². The van der Waals surface area contributed by atoms with Crippen LogP contribution in [0.5, 0.6) is 0 Å². The van der Waals surface area contributed by atoms with E-state index in [4.69, 9.17) is 4.74 Å². The first-order valence-electron chi connectivity index (χ1n) is 7.83. The van der Waals surface area contributed by atoms with Crippen molar-refractivity contribution < 1.29 is 22.7 Å². The molecule has 1 fully saturated rings. The Morgan fingerprint density at radius 3 is 2.44 bits per heavy atom. The summed E-state index contributed by atoms with van der Waals surface area (Å²) in [7, 11) is -3.70. The van der Waals surface area contributed by atoms with Crippen LogP contribution in [0.15, 0.2) is 46.7 Å². The van der Waals surface area contributed by atoms with E-state index in [1.54, 1.807) is 35.7 Å². The number of thiophene rings is 1. The van der Waals surface area contributed by atoms with Crippen molar-refractivity contribution in [2.45, 2.75) is 17.7 Å². The molecule has 2 heterocycles. The molecule has 1 aliphatic heterocycles. The molecule has 0 N–H and O–H groups in total. The Labute approximate surface area is 150 Å². The first kappa shape index (κ1) is 17.8. The topological polar surface area (TPSA) is 80.8 Å². The van der Waals surface area contributed by atoms with Crippen LogP contribution in [-0.2, 0) is 14.8 Å². The summed E-state index contributed by atoms with van der Waals surface area (Å²) in [6.45, 7) is 0.488. The van der Waals surface area contributed by atoms with Crippen molar-refractivity contribution in [2.75, 3.05) is 19.7 Å². The highest BCUT2D eigenvalue weighted by Gasteiger charge is 2.32. The van der Waals surface area contributed by atoms with E-state index >= 15 is 0 Å². The van der Waals surface area contributed by atoms with Gasteiger partial charge in [-0.1, -0.05) is 30.3 Å². The van der Waals surface area contributed by atoms with Gasteiger partial charge >= 0.3 is 5.97 Å². The van der Waals surface area contributed by atoms with Crippen molar-refractivity contribution >= 4 is 33.1 Å². The van der Waals surface area contributed by atoms with E-state index < -0.39 is 22.6 Å². The van der Waals surface area contributed by atoms with Crippen LogP contribution in [0.1, 0.15) is 32.9 Å². The van der Waals surface area contributed by atoms with E-state index in [0.717, 1.165) is 24.2 Å². The lowest BCUT2D eigenvalue weighted by Gasteiger charge is -2.15. The minimum atomic E-state index is -3.70. The maximum Gasteiger partial charge on any atom is 0.350 e. The molecule has 0 unspecified atom stereocenters. The molecular weight excluding hydrogens is 362 g/mol. The number of carbonyl (C=O) groups excluding carboxylic acids is 2. The average Bonchev–Trinajstić information content (AvgIpc) is 3.31. The number of nitrogens with zero attached hydrogens (tertiary/aromatic N) is 1. The number of hydrogen-bond donors (Lipinski definition) is 0. The van der Waals surface area contributed by atoms with Gasteiger partial charge in [-0.2, -0.15) is 4.31 Å². The van der Waals surface area contributed by atoms with Crippen LogP contribution in [0, 0.1) is 0 Å². The van der Waals surface area contributed by atoms with Crippen molar-refractivity contribution in [3.05, 3.63) is 52.2 Å². The zero-order chi connectivity index (χ0) is 17.9. The molecule has 3 rings (SSSR count). The summed E-state index contributed by atoms with van der Waals surface area (Å²) < 4.78 is 31.7. The van der Waals surface area contributed by atoms with Crippen molar-refractivity contribution in [2.24, 2.45) is 0 Å². The summed E-state index contributed by atoms with van der Waals surface area (Å²) in [4.78, 5) is 24.2.